The zero-order valence-corrected chi connectivity index (χ0v) is 15.7. The third-order valence-corrected chi connectivity index (χ3v) is 5.22. The predicted octanol–water partition coefficient (Wildman–Crippen LogP) is 6.89. The highest BCUT2D eigenvalue weighted by Crippen LogP contribution is 2.36. The fraction of sp³-hybridized carbons (Fsp3) is 0.0769. The molecule has 2 N–H and O–H groups in total. The van der Waals surface area contributed by atoms with Gasteiger partial charge in [0.25, 0.3) is 0 Å². The summed E-state index contributed by atoms with van der Waals surface area (Å²) < 4.78 is 0. The zero-order chi connectivity index (χ0) is 18.8. The quantitative estimate of drug-likeness (QED) is 0.401. The van der Waals surface area contributed by atoms with Gasteiger partial charge in [0.05, 0.1) is 0 Å². The molecule has 4 rings (SSSR count). The van der Waals surface area contributed by atoms with E-state index >= 15 is 0 Å². The van der Waals surface area contributed by atoms with Crippen LogP contribution in [0.15, 0.2) is 91.0 Å². The number of hydrogen-bond acceptors (Lipinski definition) is 1. The summed E-state index contributed by atoms with van der Waals surface area (Å²) in [5, 5.41) is 0. The number of rotatable bonds is 3. The van der Waals surface area contributed by atoms with Crippen molar-refractivity contribution in [3.8, 4) is 33.4 Å². The Morgan fingerprint density at radius 1 is 0.519 bits per heavy atom. The standard InChI is InChI=1S/C26H23N/c1-18-17-22(13-14-23(18)20-9-5-3-6-10-20)25-16-15-24(19(2)26(25)27)21-11-7-4-8-12-21/h3-17H,27H2,1-2H3. The minimum atomic E-state index is 0.850. The minimum absolute atomic E-state index is 0.850. The summed E-state index contributed by atoms with van der Waals surface area (Å²) in [5.74, 6) is 0. The molecule has 0 amide bonds. The van der Waals surface area contributed by atoms with Crippen LogP contribution in [0, 0.1) is 13.8 Å². The van der Waals surface area contributed by atoms with Gasteiger partial charge in [-0.3, -0.25) is 0 Å². The molecular weight excluding hydrogens is 326 g/mol. The summed E-state index contributed by atoms with van der Waals surface area (Å²) in [6.07, 6.45) is 0. The molecule has 0 atom stereocenters. The molecule has 132 valence electrons. The van der Waals surface area contributed by atoms with E-state index in [4.69, 9.17) is 5.73 Å². The van der Waals surface area contributed by atoms with Crippen LogP contribution in [-0.2, 0) is 0 Å². The SMILES string of the molecule is Cc1cc(-c2ccc(-c3ccccc3)c(C)c2N)ccc1-c1ccccc1. The van der Waals surface area contributed by atoms with Gasteiger partial charge in [-0.25, -0.2) is 0 Å². The van der Waals surface area contributed by atoms with E-state index in [1.807, 2.05) is 12.1 Å². The van der Waals surface area contributed by atoms with Gasteiger partial charge >= 0.3 is 0 Å². The first-order chi connectivity index (χ1) is 13.1. The highest BCUT2D eigenvalue weighted by atomic mass is 14.6. The Bertz CT molecular complexity index is 1080. The van der Waals surface area contributed by atoms with Gasteiger partial charge in [0, 0.05) is 11.3 Å². The number of benzene rings is 4. The average Bonchev–Trinajstić information content (AvgIpc) is 2.71. The Morgan fingerprint density at radius 3 is 1.63 bits per heavy atom. The van der Waals surface area contributed by atoms with Gasteiger partial charge in [0.1, 0.15) is 0 Å². The molecule has 0 aliphatic carbocycles. The number of anilines is 1. The molecule has 4 aromatic rings. The molecule has 27 heavy (non-hydrogen) atoms. The first-order valence-corrected chi connectivity index (χ1v) is 9.26. The molecule has 0 unspecified atom stereocenters. The van der Waals surface area contributed by atoms with Crippen molar-refractivity contribution in [2.24, 2.45) is 0 Å². The van der Waals surface area contributed by atoms with Crippen molar-refractivity contribution in [3.05, 3.63) is 102 Å². The molecule has 0 aliphatic heterocycles. The highest BCUT2D eigenvalue weighted by Gasteiger charge is 2.11. The maximum atomic E-state index is 6.55. The van der Waals surface area contributed by atoms with Crippen molar-refractivity contribution in [1.82, 2.24) is 0 Å². The molecule has 0 saturated carbocycles. The van der Waals surface area contributed by atoms with Crippen LogP contribution in [-0.4, -0.2) is 0 Å². The first kappa shape index (κ1) is 17.1. The van der Waals surface area contributed by atoms with Gasteiger partial charge in [0.15, 0.2) is 0 Å². The van der Waals surface area contributed by atoms with Gasteiger partial charge in [-0.2, -0.15) is 0 Å². The summed E-state index contributed by atoms with van der Waals surface area (Å²) in [6, 6.07) is 31.8. The second-order valence-electron chi connectivity index (χ2n) is 6.96. The fourth-order valence-electron chi connectivity index (χ4n) is 3.68. The van der Waals surface area contributed by atoms with Gasteiger partial charge in [0.2, 0.25) is 0 Å². The molecule has 0 saturated heterocycles. The summed E-state index contributed by atoms with van der Waals surface area (Å²) in [7, 11) is 0. The van der Waals surface area contributed by atoms with Crippen molar-refractivity contribution in [2.75, 3.05) is 5.73 Å². The van der Waals surface area contributed by atoms with Gasteiger partial charge in [-0.15, -0.1) is 0 Å². The Balaban J connectivity index is 1.76. The van der Waals surface area contributed by atoms with E-state index in [0.29, 0.717) is 0 Å². The van der Waals surface area contributed by atoms with E-state index in [-0.39, 0.29) is 0 Å². The largest absolute Gasteiger partial charge is 0.398 e. The third-order valence-electron chi connectivity index (χ3n) is 5.22. The lowest BCUT2D eigenvalue weighted by Crippen LogP contribution is -1.97. The topological polar surface area (TPSA) is 26.0 Å². The van der Waals surface area contributed by atoms with Crippen LogP contribution < -0.4 is 5.73 Å². The molecule has 0 aromatic heterocycles. The lowest BCUT2D eigenvalue weighted by atomic mass is 9.91. The van der Waals surface area contributed by atoms with Gasteiger partial charge in [-0.05, 0) is 52.8 Å². The van der Waals surface area contributed by atoms with Crippen LogP contribution in [0.25, 0.3) is 33.4 Å². The minimum Gasteiger partial charge on any atom is -0.398 e. The Labute approximate surface area is 161 Å². The normalized spacial score (nSPS) is 10.7. The second-order valence-corrected chi connectivity index (χ2v) is 6.96. The summed E-state index contributed by atoms with van der Waals surface area (Å²) in [4.78, 5) is 0. The number of nitrogen functional groups attached to an aromatic ring is 1. The Morgan fingerprint density at radius 2 is 1.04 bits per heavy atom. The van der Waals surface area contributed by atoms with Gasteiger partial charge < -0.3 is 5.73 Å². The molecule has 0 bridgehead atoms. The predicted molar refractivity (Wildman–Crippen MR) is 117 cm³/mol. The first-order valence-electron chi connectivity index (χ1n) is 9.26. The van der Waals surface area contributed by atoms with Crippen LogP contribution in [0.3, 0.4) is 0 Å². The van der Waals surface area contributed by atoms with Crippen LogP contribution >= 0.6 is 0 Å². The van der Waals surface area contributed by atoms with Crippen LogP contribution in [0.2, 0.25) is 0 Å². The Hall–Kier alpha value is -3.32. The van der Waals surface area contributed by atoms with E-state index in [1.165, 1.54) is 27.8 Å². The molecule has 4 aromatic carbocycles. The van der Waals surface area contributed by atoms with Crippen molar-refractivity contribution < 1.29 is 0 Å². The smallest absolute Gasteiger partial charge is 0.0429 e. The number of nitrogens with two attached hydrogens (primary N) is 1. The van der Waals surface area contributed by atoms with Crippen LogP contribution in [0.4, 0.5) is 5.69 Å². The number of aryl methyl sites for hydroxylation is 1. The zero-order valence-electron chi connectivity index (χ0n) is 15.7. The van der Waals surface area contributed by atoms with E-state index in [9.17, 15) is 0 Å². The van der Waals surface area contributed by atoms with Crippen LogP contribution in [0.5, 0.6) is 0 Å². The van der Waals surface area contributed by atoms with Crippen molar-refractivity contribution >= 4 is 5.69 Å². The molecule has 0 spiro atoms. The summed E-state index contributed by atoms with van der Waals surface area (Å²) in [6.45, 7) is 4.26. The van der Waals surface area contributed by atoms with E-state index in [2.05, 4.69) is 92.7 Å². The lowest BCUT2D eigenvalue weighted by molar-refractivity contribution is 1.43. The third kappa shape index (κ3) is 3.24. The molecule has 0 aliphatic rings. The molecule has 0 heterocycles. The van der Waals surface area contributed by atoms with Crippen molar-refractivity contribution in [2.45, 2.75) is 13.8 Å². The lowest BCUT2D eigenvalue weighted by Gasteiger charge is -2.15. The van der Waals surface area contributed by atoms with Crippen molar-refractivity contribution in [1.29, 1.82) is 0 Å². The molecule has 1 nitrogen and oxygen atoms in total. The monoisotopic (exact) mass is 349 g/mol. The van der Waals surface area contributed by atoms with Crippen molar-refractivity contribution in [3.63, 3.8) is 0 Å². The van der Waals surface area contributed by atoms with Gasteiger partial charge in [-0.1, -0.05) is 91.0 Å². The average molecular weight is 349 g/mol. The molecule has 1 heteroatoms. The highest BCUT2D eigenvalue weighted by molar-refractivity contribution is 5.86. The van der Waals surface area contributed by atoms with E-state index in [1.54, 1.807) is 0 Å². The van der Waals surface area contributed by atoms with Crippen LogP contribution in [0.1, 0.15) is 11.1 Å². The maximum Gasteiger partial charge on any atom is 0.0429 e. The van der Waals surface area contributed by atoms with E-state index in [0.717, 1.165) is 22.4 Å². The number of hydrogen-bond donors (Lipinski definition) is 1. The fourth-order valence-corrected chi connectivity index (χ4v) is 3.68. The summed E-state index contributed by atoms with van der Waals surface area (Å²) >= 11 is 0. The summed E-state index contributed by atoms with van der Waals surface area (Å²) in [5.41, 5.74) is 16.9. The maximum absolute atomic E-state index is 6.55. The Kier molecular flexibility index (Phi) is 4.52. The second kappa shape index (κ2) is 7.13. The molecule has 0 fully saturated rings. The van der Waals surface area contributed by atoms with E-state index < -0.39 is 0 Å². The molecule has 0 radical (unpaired) electrons. The molecular formula is C26H23N.